The van der Waals surface area contributed by atoms with Crippen molar-refractivity contribution in [3.05, 3.63) is 22.4 Å². The van der Waals surface area contributed by atoms with Gasteiger partial charge < -0.3 is 10.4 Å². The molecule has 1 unspecified atom stereocenters. The molecular weight excluding hydrogens is 222 g/mol. The molecule has 0 fully saturated rings. The molecule has 1 rings (SSSR count). The number of rotatable bonds is 7. The highest BCUT2D eigenvalue weighted by Gasteiger charge is 2.14. The van der Waals surface area contributed by atoms with Crippen molar-refractivity contribution in [3.63, 3.8) is 0 Å². The summed E-state index contributed by atoms with van der Waals surface area (Å²) in [7, 11) is 0. The van der Waals surface area contributed by atoms with Crippen molar-refractivity contribution < 1.29 is 9.90 Å². The van der Waals surface area contributed by atoms with E-state index in [0.29, 0.717) is 5.92 Å². The molecule has 3 nitrogen and oxygen atoms in total. The van der Waals surface area contributed by atoms with E-state index in [1.165, 1.54) is 4.88 Å². The molecule has 1 heterocycles. The van der Waals surface area contributed by atoms with Crippen LogP contribution in [-0.4, -0.2) is 23.7 Å². The maximum absolute atomic E-state index is 10.7. The zero-order valence-corrected chi connectivity index (χ0v) is 10.6. The van der Waals surface area contributed by atoms with Crippen molar-refractivity contribution in [2.75, 3.05) is 6.54 Å². The van der Waals surface area contributed by atoms with E-state index in [1.807, 2.05) is 11.4 Å². The molecule has 0 saturated heterocycles. The average molecular weight is 241 g/mol. The van der Waals surface area contributed by atoms with Crippen molar-refractivity contribution >= 4 is 17.3 Å². The molecule has 0 aliphatic rings. The number of thiophene rings is 1. The highest BCUT2D eigenvalue weighted by molar-refractivity contribution is 7.09. The minimum atomic E-state index is -0.738. The second-order valence-electron chi connectivity index (χ2n) is 4.38. The van der Waals surface area contributed by atoms with Crippen molar-refractivity contribution in [1.29, 1.82) is 0 Å². The molecule has 2 N–H and O–H groups in total. The lowest BCUT2D eigenvalue weighted by atomic mass is 10.1. The zero-order chi connectivity index (χ0) is 12.0. The van der Waals surface area contributed by atoms with Gasteiger partial charge in [0.1, 0.15) is 0 Å². The number of aliphatic carboxylic acids is 1. The number of carboxylic acid groups (broad SMARTS) is 1. The topological polar surface area (TPSA) is 49.3 Å². The number of carboxylic acids is 1. The fourth-order valence-electron chi connectivity index (χ4n) is 1.50. The fraction of sp³-hybridized carbons (Fsp3) is 0.583. The van der Waals surface area contributed by atoms with E-state index in [-0.39, 0.29) is 12.5 Å². The maximum atomic E-state index is 10.7. The van der Waals surface area contributed by atoms with Gasteiger partial charge in [-0.2, -0.15) is 0 Å². The Labute approximate surface area is 100 Å². The number of hydrogen-bond donors (Lipinski definition) is 2. The summed E-state index contributed by atoms with van der Waals surface area (Å²) in [4.78, 5) is 12.0. The molecule has 4 heteroatoms. The Morgan fingerprint density at radius 3 is 2.81 bits per heavy atom. The fourth-order valence-corrected chi connectivity index (χ4v) is 2.29. The Bertz CT molecular complexity index is 309. The standard InChI is InChI=1S/C12H19NO2S/c1-9(2)8-13-10(7-12(14)15)6-11-4-3-5-16-11/h3-5,9-10,13H,6-8H2,1-2H3,(H,14,15). The molecule has 0 aliphatic heterocycles. The lowest BCUT2D eigenvalue weighted by Crippen LogP contribution is -2.35. The molecule has 0 aliphatic carbocycles. The van der Waals surface area contributed by atoms with Crippen LogP contribution in [0.1, 0.15) is 25.1 Å². The van der Waals surface area contributed by atoms with Gasteiger partial charge in [-0.25, -0.2) is 0 Å². The van der Waals surface area contributed by atoms with E-state index in [9.17, 15) is 4.79 Å². The molecule has 16 heavy (non-hydrogen) atoms. The van der Waals surface area contributed by atoms with Crippen LogP contribution in [-0.2, 0) is 11.2 Å². The monoisotopic (exact) mass is 241 g/mol. The smallest absolute Gasteiger partial charge is 0.304 e. The number of nitrogens with one attached hydrogen (secondary N) is 1. The van der Waals surface area contributed by atoms with Crippen LogP contribution in [0.4, 0.5) is 0 Å². The molecule has 90 valence electrons. The van der Waals surface area contributed by atoms with Crippen LogP contribution in [0.5, 0.6) is 0 Å². The zero-order valence-electron chi connectivity index (χ0n) is 9.77. The van der Waals surface area contributed by atoms with Crippen LogP contribution in [0.2, 0.25) is 0 Å². The van der Waals surface area contributed by atoms with Crippen molar-refractivity contribution in [2.45, 2.75) is 32.7 Å². The third-order valence-electron chi connectivity index (χ3n) is 2.26. The quantitative estimate of drug-likeness (QED) is 0.770. The molecule has 1 atom stereocenters. The summed E-state index contributed by atoms with van der Waals surface area (Å²) >= 11 is 1.68. The largest absolute Gasteiger partial charge is 0.481 e. The number of hydrogen-bond acceptors (Lipinski definition) is 3. The van der Waals surface area contributed by atoms with E-state index in [2.05, 4.69) is 25.2 Å². The van der Waals surface area contributed by atoms with Gasteiger partial charge >= 0.3 is 5.97 Å². The van der Waals surface area contributed by atoms with Crippen LogP contribution >= 0.6 is 11.3 Å². The molecule has 1 aromatic rings. The van der Waals surface area contributed by atoms with Gasteiger partial charge in [-0.1, -0.05) is 19.9 Å². The van der Waals surface area contributed by atoms with E-state index >= 15 is 0 Å². The summed E-state index contributed by atoms with van der Waals surface area (Å²) in [5.74, 6) is -0.197. The highest BCUT2D eigenvalue weighted by Crippen LogP contribution is 2.12. The predicted molar refractivity (Wildman–Crippen MR) is 66.9 cm³/mol. The van der Waals surface area contributed by atoms with Crippen LogP contribution < -0.4 is 5.32 Å². The van der Waals surface area contributed by atoms with E-state index in [1.54, 1.807) is 11.3 Å². The summed E-state index contributed by atoms with van der Waals surface area (Å²) in [6, 6.07) is 4.09. The normalized spacial score (nSPS) is 12.9. The number of carbonyl (C=O) groups is 1. The maximum Gasteiger partial charge on any atom is 0.304 e. The summed E-state index contributed by atoms with van der Waals surface area (Å²) < 4.78 is 0. The minimum absolute atomic E-state index is 0.0403. The van der Waals surface area contributed by atoms with Gasteiger partial charge in [0.05, 0.1) is 6.42 Å². The lowest BCUT2D eigenvalue weighted by molar-refractivity contribution is -0.137. The first-order chi connectivity index (χ1) is 7.58. The van der Waals surface area contributed by atoms with Crippen LogP contribution in [0.3, 0.4) is 0 Å². The second-order valence-corrected chi connectivity index (χ2v) is 5.41. The van der Waals surface area contributed by atoms with Gasteiger partial charge in [0, 0.05) is 10.9 Å². The minimum Gasteiger partial charge on any atom is -0.481 e. The Balaban J connectivity index is 2.46. The highest BCUT2D eigenvalue weighted by atomic mass is 32.1. The Hall–Kier alpha value is -0.870. The third kappa shape index (κ3) is 5.28. The summed E-state index contributed by atoms with van der Waals surface area (Å²) in [6.07, 6.45) is 0.987. The van der Waals surface area contributed by atoms with Gasteiger partial charge in [-0.3, -0.25) is 4.79 Å². The van der Waals surface area contributed by atoms with Crippen LogP contribution in [0, 0.1) is 5.92 Å². The van der Waals surface area contributed by atoms with E-state index in [0.717, 1.165) is 13.0 Å². The van der Waals surface area contributed by atoms with Crippen molar-refractivity contribution in [2.24, 2.45) is 5.92 Å². The first-order valence-electron chi connectivity index (χ1n) is 5.55. The van der Waals surface area contributed by atoms with E-state index in [4.69, 9.17) is 5.11 Å². The van der Waals surface area contributed by atoms with Gasteiger partial charge in [0.2, 0.25) is 0 Å². The third-order valence-corrected chi connectivity index (χ3v) is 3.16. The van der Waals surface area contributed by atoms with Crippen molar-refractivity contribution in [3.8, 4) is 0 Å². The molecule has 0 amide bonds. The average Bonchev–Trinajstić information content (AvgIpc) is 2.66. The van der Waals surface area contributed by atoms with Gasteiger partial charge in [-0.15, -0.1) is 11.3 Å². The summed E-state index contributed by atoms with van der Waals surface area (Å²) in [6.45, 7) is 5.11. The Kier molecular flexibility index (Phi) is 5.49. The first kappa shape index (κ1) is 13.2. The molecule has 0 spiro atoms. The molecule has 1 aromatic heterocycles. The first-order valence-corrected chi connectivity index (χ1v) is 6.43. The van der Waals surface area contributed by atoms with Crippen molar-refractivity contribution in [1.82, 2.24) is 5.32 Å². The molecular formula is C12H19NO2S. The van der Waals surface area contributed by atoms with Crippen LogP contribution in [0.15, 0.2) is 17.5 Å². The summed E-state index contributed by atoms with van der Waals surface area (Å²) in [5.41, 5.74) is 0. The van der Waals surface area contributed by atoms with Gasteiger partial charge in [0.25, 0.3) is 0 Å². The van der Waals surface area contributed by atoms with E-state index < -0.39 is 5.97 Å². The molecule has 0 radical (unpaired) electrons. The lowest BCUT2D eigenvalue weighted by Gasteiger charge is -2.17. The molecule has 0 aromatic carbocycles. The molecule has 0 saturated carbocycles. The Morgan fingerprint density at radius 2 is 2.31 bits per heavy atom. The summed E-state index contributed by atoms with van der Waals surface area (Å²) in [5, 5.41) is 14.2. The van der Waals surface area contributed by atoms with Crippen LogP contribution in [0.25, 0.3) is 0 Å². The Morgan fingerprint density at radius 1 is 1.56 bits per heavy atom. The second kappa shape index (κ2) is 6.66. The van der Waals surface area contributed by atoms with Gasteiger partial charge in [0.15, 0.2) is 0 Å². The van der Waals surface area contributed by atoms with Gasteiger partial charge in [-0.05, 0) is 30.3 Å². The molecule has 0 bridgehead atoms. The SMILES string of the molecule is CC(C)CNC(CC(=O)O)Cc1cccs1. The predicted octanol–water partition coefficient (Wildman–Crippen LogP) is 2.38.